The van der Waals surface area contributed by atoms with Gasteiger partial charge in [-0.05, 0) is 147 Å². The van der Waals surface area contributed by atoms with Crippen molar-refractivity contribution in [3.05, 3.63) is 214 Å². The van der Waals surface area contributed by atoms with E-state index >= 15 is 0 Å². The average molecular weight is 966 g/mol. The van der Waals surface area contributed by atoms with Crippen molar-refractivity contribution in [2.24, 2.45) is 0 Å². The summed E-state index contributed by atoms with van der Waals surface area (Å²) in [6.45, 7) is 40.8. The van der Waals surface area contributed by atoms with Crippen LogP contribution in [0, 0.1) is 13.8 Å². The Hall–Kier alpha value is -7.76. The molecular weight excluding hydrogens is 898 g/mol. The molecule has 0 saturated carbocycles. The number of aryl methyl sites for hydroxylation is 2. The van der Waals surface area contributed by atoms with Crippen LogP contribution in [0.1, 0.15) is 114 Å². The molecule has 2 aliphatic heterocycles. The van der Waals surface area contributed by atoms with Crippen LogP contribution in [-0.4, -0.2) is 11.3 Å². The van der Waals surface area contributed by atoms with Gasteiger partial charge >= 0.3 is 0 Å². The van der Waals surface area contributed by atoms with Crippen molar-refractivity contribution < 1.29 is 4.42 Å². The molecule has 2 aliphatic rings. The van der Waals surface area contributed by atoms with Crippen molar-refractivity contribution in [3.63, 3.8) is 0 Å². The summed E-state index contributed by atoms with van der Waals surface area (Å²) in [5.41, 5.74) is 25.0. The fourth-order valence-electron chi connectivity index (χ4n) is 11.8. The Kier molecular flexibility index (Phi) is 11.4. The molecule has 9 aromatic rings. The number of nitrogens with zero attached hydrogens (tertiary/aromatic N) is 3. The van der Waals surface area contributed by atoms with E-state index in [4.69, 9.17) is 4.42 Å². The van der Waals surface area contributed by atoms with Gasteiger partial charge < -0.3 is 18.8 Å². The normalized spacial score (nSPS) is 13.9. The molecule has 7 aromatic carbocycles. The zero-order valence-electron chi connectivity index (χ0n) is 45.5. The van der Waals surface area contributed by atoms with Gasteiger partial charge in [0.15, 0.2) is 0 Å². The summed E-state index contributed by atoms with van der Waals surface area (Å²) in [7, 11) is 0. The Morgan fingerprint density at radius 3 is 1.78 bits per heavy atom. The van der Waals surface area contributed by atoms with Crippen molar-refractivity contribution in [2.45, 2.75) is 99.3 Å². The molecule has 0 radical (unpaired) electrons. The molecule has 0 amide bonds. The predicted octanol–water partition coefficient (Wildman–Crippen LogP) is 15.4. The molecule has 5 heteroatoms. The number of furan rings is 1. The third-order valence-corrected chi connectivity index (χ3v) is 15.7. The summed E-state index contributed by atoms with van der Waals surface area (Å²) in [5, 5.41) is 3.05. The summed E-state index contributed by atoms with van der Waals surface area (Å²) in [6.07, 6.45) is 8.32. The Balaban J connectivity index is 1.28. The molecule has 0 bridgehead atoms. The number of benzene rings is 7. The molecule has 0 spiro atoms. The lowest BCUT2D eigenvalue weighted by molar-refractivity contribution is 0.573. The summed E-state index contributed by atoms with van der Waals surface area (Å²) < 4.78 is 8.89. The first-order valence-electron chi connectivity index (χ1n) is 26.2. The van der Waals surface area contributed by atoms with Crippen molar-refractivity contribution in [1.82, 2.24) is 4.57 Å². The first-order valence-corrected chi connectivity index (χ1v) is 26.2. The van der Waals surface area contributed by atoms with Crippen LogP contribution in [0.2, 0.25) is 0 Å². The second kappa shape index (κ2) is 17.4. The fourth-order valence-corrected chi connectivity index (χ4v) is 11.8. The van der Waals surface area contributed by atoms with Gasteiger partial charge in [0.1, 0.15) is 11.0 Å². The van der Waals surface area contributed by atoms with Crippen LogP contribution >= 0.6 is 0 Å². The highest BCUT2D eigenvalue weighted by atomic mass is 16.3. The van der Waals surface area contributed by atoms with Crippen LogP contribution < -0.4 is 36.8 Å². The van der Waals surface area contributed by atoms with Crippen molar-refractivity contribution in [1.29, 1.82) is 0 Å². The van der Waals surface area contributed by atoms with Crippen molar-refractivity contribution >= 4 is 103 Å². The first kappa shape index (κ1) is 48.5. The molecule has 0 atom stereocenters. The molecule has 2 aromatic heterocycles. The second-order valence-corrected chi connectivity index (χ2v) is 23.7. The van der Waals surface area contributed by atoms with Crippen LogP contribution in [0.5, 0.6) is 0 Å². The number of hydrogen-bond acceptors (Lipinski definition) is 3. The van der Waals surface area contributed by atoms with E-state index in [0.29, 0.717) is 0 Å². The lowest BCUT2D eigenvalue weighted by atomic mass is 9.33. The highest BCUT2D eigenvalue weighted by molar-refractivity contribution is 7.00. The molecule has 0 saturated heterocycles. The maximum Gasteiger partial charge on any atom is 0.252 e. The maximum absolute atomic E-state index is 6.50. The standard InChI is InChI=1S/C69H68BN3O/c1-16-24-53-54-40-56-60(41-58(54)71(57(53)18-3)49-25-20-19-21-26-49)72(50-32-29-45(30-33-50)51(17-2)66-44(6)52-27-22-23-28-63(52)74-66)61-38-48(69(13,14)15)39-62-64(61)70(56)55-34-31-46(67(7,8)9)37-59(55)73(62)65-42(4)35-47(36-43(65)5)68(10,11)12/h16-41H,2-3,6H2,1,4-5,7-15H3/b24-16-,66-51-. The molecule has 0 unspecified atom stereocenters. The van der Waals surface area contributed by atoms with E-state index in [2.05, 4.69) is 245 Å². The van der Waals surface area contributed by atoms with Gasteiger partial charge in [0, 0.05) is 61.3 Å². The molecule has 0 N–H and O–H groups in total. The summed E-state index contributed by atoms with van der Waals surface area (Å²) in [4.78, 5) is 5.18. The van der Waals surface area contributed by atoms with E-state index in [1.54, 1.807) is 0 Å². The zero-order chi connectivity index (χ0) is 52.3. The van der Waals surface area contributed by atoms with E-state index in [9.17, 15) is 0 Å². The van der Waals surface area contributed by atoms with Gasteiger partial charge in [0.25, 0.3) is 6.71 Å². The van der Waals surface area contributed by atoms with Gasteiger partial charge in [-0.2, -0.15) is 0 Å². The number of rotatable bonds is 7. The molecule has 0 fully saturated rings. The quantitative estimate of drug-likeness (QED) is 0.149. The highest BCUT2D eigenvalue weighted by Gasteiger charge is 2.45. The van der Waals surface area contributed by atoms with E-state index in [-0.39, 0.29) is 23.0 Å². The molecule has 0 aliphatic carbocycles. The Morgan fingerprint density at radius 1 is 0.581 bits per heavy atom. The van der Waals surface area contributed by atoms with E-state index in [1.807, 2.05) is 30.4 Å². The van der Waals surface area contributed by atoms with Gasteiger partial charge in [0.2, 0.25) is 0 Å². The summed E-state index contributed by atoms with van der Waals surface area (Å²) in [6, 6.07) is 50.0. The third kappa shape index (κ3) is 7.65. The third-order valence-electron chi connectivity index (χ3n) is 15.7. The number of allylic oxidation sites excluding steroid dienone is 2. The second-order valence-electron chi connectivity index (χ2n) is 23.7. The molecule has 4 heterocycles. The van der Waals surface area contributed by atoms with Crippen LogP contribution in [-0.2, 0) is 16.2 Å². The lowest BCUT2D eigenvalue weighted by Gasteiger charge is -2.46. The van der Waals surface area contributed by atoms with Gasteiger partial charge in [-0.15, -0.1) is 0 Å². The van der Waals surface area contributed by atoms with Gasteiger partial charge in [0.05, 0.1) is 16.9 Å². The van der Waals surface area contributed by atoms with Crippen molar-refractivity contribution in [2.75, 3.05) is 9.80 Å². The Morgan fingerprint density at radius 2 is 1.18 bits per heavy atom. The minimum absolute atomic E-state index is 0.00249. The number of fused-ring (bicyclic) bond motifs is 6. The molecule has 11 rings (SSSR count). The molecule has 4 nitrogen and oxygen atoms in total. The summed E-state index contributed by atoms with van der Waals surface area (Å²) in [5.74, 6) is 0. The van der Waals surface area contributed by atoms with Crippen LogP contribution in [0.3, 0.4) is 0 Å². The zero-order valence-corrected chi connectivity index (χ0v) is 45.5. The van der Waals surface area contributed by atoms with Crippen LogP contribution in [0.15, 0.2) is 163 Å². The molecular formula is C69H68BN3O. The van der Waals surface area contributed by atoms with Crippen LogP contribution in [0.4, 0.5) is 34.1 Å². The fraction of sp³-hybridized carbons (Fsp3) is 0.217. The summed E-state index contributed by atoms with van der Waals surface area (Å²) >= 11 is 0. The number of hydrogen-bond donors (Lipinski definition) is 0. The predicted molar refractivity (Wildman–Crippen MR) is 321 cm³/mol. The first-order chi connectivity index (χ1) is 35.2. The van der Waals surface area contributed by atoms with E-state index < -0.39 is 0 Å². The number of aromatic nitrogens is 1. The molecule has 368 valence electrons. The topological polar surface area (TPSA) is 24.6 Å². The van der Waals surface area contributed by atoms with E-state index in [0.717, 1.165) is 66.6 Å². The average Bonchev–Trinajstić information content (AvgIpc) is 3.89. The highest BCUT2D eigenvalue weighted by Crippen LogP contribution is 2.49. The Bertz CT molecular complexity index is 3910. The largest absolute Gasteiger partial charge is 0.455 e. The Labute approximate surface area is 439 Å². The number of para-hydroxylation sites is 2. The van der Waals surface area contributed by atoms with Crippen LogP contribution in [0.25, 0.3) is 51.9 Å². The monoisotopic (exact) mass is 966 g/mol. The van der Waals surface area contributed by atoms with Gasteiger partial charge in [-0.1, -0.05) is 179 Å². The smallest absolute Gasteiger partial charge is 0.252 e. The SMILES string of the molecule is C=C/C(c1ccc(N2c3cc4c(cc3B3c5ccc(C(C)(C)C)cc5N(c5c(C)cc(C(C)(C)C)cc5C)c5cc(C(C)(C)C)cc2c53)c(/C=C\C)c(C=C)n4-c2ccccc2)cc1)=c1/oc2ccccc2c1=C. The van der Waals surface area contributed by atoms with Crippen molar-refractivity contribution in [3.8, 4) is 5.69 Å². The minimum Gasteiger partial charge on any atom is -0.455 e. The number of anilines is 6. The lowest BCUT2D eigenvalue weighted by Crippen LogP contribution is -2.61. The van der Waals surface area contributed by atoms with E-state index in [1.165, 1.54) is 72.3 Å². The van der Waals surface area contributed by atoms with Gasteiger partial charge in [-0.3, -0.25) is 0 Å². The van der Waals surface area contributed by atoms with Gasteiger partial charge in [-0.25, -0.2) is 0 Å². The minimum atomic E-state index is -0.186. The maximum atomic E-state index is 6.50. The molecule has 74 heavy (non-hydrogen) atoms.